The molecule has 3 N–H and O–H groups in total. The number of halogens is 2. The average Bonchev–Trinajstić information content (AvgIpc) is 3.07. The maximum atomic E-state index is 12.4. The van der Waals surface area contributed by atoms with E-state index in [1.807, 2.05) is 30.0 Å². The summed E-state index contributed by atoms with van der Waals surface area (Å²) < 4.78 is 0. The van der Waals surface area contributed by atoms with Crippen LogP contribution in [0.5, 0.6) is 0 Å². The molecule has 0 atom stereocenters. The van der Waals surface area contributed by atoms with E-state index >= 15 is 0 Å². The van der Waals surface area contributed by atoms with Crippen molar-refractivity contribution in [2.75, 3.05) is 29.9 Å². The molecule has 1 fully saturated rings. The number of rotatable bonds is 5. The lowest BCUT2D eigenvalue weighted by Crippen LogP contribution is -2.32. The van der Waals surface area contributed by atoms with Crippen LogP contribution in [0.4, 0.5) is 5.69 Å². The summed E-state index contributed by atoms with van der Waals surface area (Å²) in [5.41, 5.74) is 7.98. The topological polar surface area (TPSA) is 71.2 Å². The van der Waals surface area contributed by atoms with Crippen molar-refractivity contribution in [1.82, 2.24) is 9.88 Å². The Morgan fingerprint density at radius 2 is 1.96 bits per heavy atom. The molecular weight excluding hydrogens is 399 g/mol. The van der Waals surface area contributed by atoms with Gasteiger partial charge < -0.3 is 11.1 Å². The number of hydrogen-bond donors (Lipinski definition) is 2. The van der Waals surface area contributed by atoms with Gasteiger partial charge in [-0.05, 0) is 11.6 Å². The molecule has 1 aliphatic rings. The SMILES string of the molecule is Cl.Cl.NCc1nc(C(=O)Nc2ccccc2CN2CCSCC2)cs1. The van der Waals surface area contributed by atoms with E-state index in [9.17, 15) is 4.79 Å². The second-order valence-electron chi connectivity index (χ2n) is 5.33. The van der Waals surface area contributed by atoms with E-state index < -0.39 is 0 Å². The van der Waals surface area contributed by atoms with Gasteiger partial charge in [0.25, 0.3) is 5.91 Å². The van der Waals surface area contributed by atoms with Gasteiger partial charge in [-0.2, -0.15) is 11.8 Å². The largest absolute Gasteiger partial charge is 0.325 e. The summed E-state index contributed by atoms with van der Waals surface area (Å²) >= 11 is 3.41. The van der Waals surface area contributed by atoms with Gasteiger partial charge in [-0.1, -0.05) is 18.2 Å². The number of nitrogens with one attached hydrogen (secondary N) is 1. The molecule has 3 rings (SSSR count). The van der Waals surface area contributed by atoms with Crippen LogP contribution in [-0.4, -0.2) is 40.4 Å². The molecule has 0 spiro atoms. The highest BCUT2D eigenvalue weighted by Crippen LogP contribution is 2.20. The van der Waals surface area contributed by atoms with E-state index in [-0.39, 0.29) is 30.7 Å². The Bertz CT molecular complexity index is 678. The molecule has 9 heteroatoms. The first-order chi connectivity index (χ1) is 11.3. The van der Waals surface area contributed by atoms with Gasteiger partial charge >= 0.3 is 0 Å². The first-order valence-corrected chi connectivity index (χ1v) is 9.63. The summed E-state index contributed by atoms with van der Waals surface area (Å²) in [4.78, 5) is 19.0. The summed E-state index contributed by atoms with van der Waals surface area (Å²) in [5, 5.41) is 5.51. The highest BCUT2D eigenvalue weighted by Gasteiger charge is 2.15. The van der Waals surface area contributed by atoms with Crippen LogP contribution in [0.15, 0.2) is 29.6 Å². The standard InChI is InChI=1S/C16H20N4OS2.2ClH/c17-9-15-18-14(11-23-15)16(21)19-13-4-2-1-3-12(13)10-20-5-7-22-8-6-20;;/h1-4,11H,5-10,17H2,(H,19,21);2*1H. The molecule has 0 saturated carbocycles. The van der Waals surface area contributed by atoms with Crippen molar-refractivity contribution in [2.24, 2.45) is 5.73 Å². The zero-order valence-corrected chi connectivity index (χ0v) is 16.9. The van der Waals surface area contributed by atoms with E-state index in [1.54, 1.807) is 5.38 Å². The van der Waals surface area contributed by atoms with Crippen LogP contribution in [0, 0.1) is 0 Å². The number of hydrogen-bond acceptors (Lipinski definition) is 6. The molecule has 0 bridgehead atoms. The molecule has 5 nitrogen and oxygen atoms in total. The number of carbonyl (C=O) groups is 1. The van der Waals surface area contributed by atoms with Crippen molar-refractivity contribution < 1.29 is 4.79 Å². The van der Waals surface area contributed by atoms with E-state index in [4.69, 9.17) is 5.73 Å². The lowest BCUT2D eigenvalue weighted by Gasteiger charge is -2.27. The number of nitrogens with two attached hydrogens (primary N) is 1. The maximum absolute atomic E-state index is 12.4. The third kappa shape index (κ3) is 6.13. The van der Waals surface area contributed by atoms with Crippen LogP contribution >= 0.6 is 47.9 Å². The molecule has 1 saturated heterocycles. The third-order valence-electron chi connectivity index (χ3n) is 3.72. The minimum atomic E-state index is -0.178. The first-order valence-electron chi connectivity index (χ1n) is 7.60. The van der Waals surface area contributed by atoms with Gasteiger partial charge in [-0.25, -0.2) is 4.98 Å². The molecule has 138 valence electrons. The van der Waals surface area contributed by atoms with Crippen molar-refractivity contribution in [3.05, 3.63) is 45.9 Å². The molecule has 2 aromatic rings. The van der Waals surface area contributed by atoms with Crippen LogP contribution in [0.2, 0.25) is 0 Å². The number of carbonyl (C=O) groups excluding carboxylic acids is 1. The lowest BCUT2D eigenvalue weighted by atomic mass is 10.1. The van der Waals surface area contributed by atoms with Gasteiger partial charge in [-0.15, -0.1) is 36.2 Å². The number of nitrogens with zero attached hydrogens (tertiary/aromatic N) is 2. The fourth-order valence-electron chi connectivity index (χ4n) is 2.48. The summed E-state index contributed by atoms with van der Waals surface area (Å²) in [7, 11) is 0. The molecule has 1 aliphatic heterocycles. The predicted octanol–water partition coefficient (Wildman–Crippen LogP) is 3.25. The molecule has 1 amide bonds. The number of para-hydroxylation sites is 1. The average molecular weight is 421 g/mol. The Labute approximate surface area is 168 Å². The van der Waals surface area contributed by atoms with Gasteiger partial charge in [-0.3, -0.25) is 9.69 Å². The van der Waals surface area contributed by atoms with E-state index in [1.165, 1.54) is 22.8 Å². The Balaban J connectivity index is 0.00000156. The van der Waals surface area contributed by atoms with Gasteiger partial charge in [0, 0.05) is 48.8 Å². The van der Waals surface area contributed by atoms with E-state index in [0.717, 1.165) is 35.9 Å². The quantitative estimate of drug-likeness (QED) is 0.776. The summed E-state index contributed by atoms with van der Waals surface area (Å²) in [6.07, 6.45) is 0. The first kappa shape index (κ1) is 22.2. The number of thiazole rings is 1. The zero-order valence-electron chi connectivity index (χ0n) is 13.6. The lowest BCUT2D eigenvalue weighted by molar-refractivity contribution is 0.102. The molecule has 0 unspecified atom stereocenters. The predicted molar refractivity (Wildman–Crippen MR) is 111 cm³/mol. The Morgan fingerprint density at radius 3 is 2.64 bits per heavy atom. The molecule has 25 heavy (non-hydrogen) atoms. The molecule has 0 radical (unpaired) electrons. The Morgan fingerprint density at radius 1 is 1.24 bits per heavy atom. The van der Waals surface area contributed by atoms with Crippen LogP contribution in [0.1, 0.15) is 21.1 Å². The minimum Gasteiger partial charge on any atom is -0.325 e. The third-order valence-corrected chi connectivity index (χ3v) is 5.54. The summed E-state index contributed by atoms with van der Waals surface area (Å²) in [6.45, 7) is 3.42. The van der Waals surface area contributed by atoms with Crippen LogP contribution < -0.4 is 11.1 Å². The van der Waals surface area contributed by atoms with Crippen LogP contribution in [0.3, 0.4) is 0 Å². The smallest absolute Gasteiger partial charge is 0.275 e. The molecular formula is C16H22Cl2N4OS2. The fraction of sp³-hybridized carbons (Fsp3) is 0.375. The van der Waals surface area contributed by atoms with Crippen molar-refractivity contribution in [1.29, 1.82) is 0 Å². The summed E-state index contributed by atoms with van der Waals surface area (Å²) in [5.74, 6) is 2.17. The number of aromatic nitrogens is 1. The summed E-state index contributed by atoms with van der Waals surface area (Å²) in [6, 6.07) is 7.97. The van der Waals surface area contributed by atoms with Crippen molar-refractivity contribution >= 4 is 59.5 Å². The minimum absolute atomic E-state index is 0. The second kappa shape index (κ2) is 11.0. The molecule has 0 aliphatic carbocycles. The number of benzene rings is 1. The van der Waals surface area contributed by atoms with Crippen molar-refractivity contribution in [2.45, 2.75) is 13.1 Å². The van der Waals surface area contributed by atoms with Gasteiger partial charge in [0.05, 0.1) is 0 Å². The Kier molecular flexibility index (Phi) is 9.78. The van der Waals surface area contributed by atoms with E-state index in [2.05, 4.69) is 21.3 Å². The van der Waals surface area contributed by atoms with Gasteiger partial charge in [0.2, 0.25) is 0 Å². The highest BCUT2D eigenvalue weighted by molar-refractivity contribution is 7.99. The number of amides is 1. The number of anilines is 1. The molecule has 1 aromatic heterocycles. The fourth-order valence-corrected chi connectivity index (χ4v) is 4.11. The Hall–Kier alpha value is -0.830. The molecule has 2 heterocycles. The van der Waals surface area contributed by atoms with Crippen molar-refractivity contribution in [3.63, 3.8) is 0 Å². The number of thioether (sulfide) groups is 1. The highest BCUT2D eigenvalue weighted by atomic mass is 35.5. The second-order valence-corrected chi connectivity index (χ2v) is 7.50. The van der Waals surface area contributed by atoms with Crippen molar-refractivity contribution in [3.8, 4) is 0 Å². The van der Waals surface area contributed by atoms with Crippen LogP contribution in [0.25, 0.3) is 0 Å². The monoisotopic (exact) mass is 420 g/mol. The van der Waals surface area contributed by atoms with Gasteiger partial charge in [0.1, 0.15) is 10.7 Å². The van der Waals surface area contributed by atoms with E-state index in [0.29, 0.717) is 12.2 Å². The molecule has 1 aromatic carbocycles. The normalized spacial score (nSPS) is 14.3. The maximum Gasteiger partial charge on any atom is 0.275 e. The van der Waals surface area contributed by atoms with Gasteiger partial charge in [0.15, 0.2) is 0 Å². The van der Waals surface area contributed by atoms with Crippen LogP contribution in [-0.2, 0) is 13.1 Å². The zero-order chi connectivity index (χ0) is 16.1.